The lowest BCUT2D eigenvalue weighted by molar-refractivity contribution is 0.217. The molecule has 78 valence electrons. The van der Waals surface area contributed by atoms with Crippen LogP contribution in [0.25, 0.3) is 5.65 Å². The van der Waals surface area contributed by atoms with Gasteiger partial charge in [-0.05, 0) is 18.2 Å². The lowest BCUT2D eigenvalue weighted by Crippen LogP contribution is -2.16. The number of aromatic nitrogens is 3. The van der Waals surface area contributed by atoms with E-state index in [1.54, 1.807) is 10.7 Å². The third-order valence-electron chi connectivity index (χ3n) is 2.41. The predicted octanol–water partition coefficient (Wildman–Crippen LogP) is 1.61. The van der Waals surface area contributed by atoms with Gasteiger partial charge in [-0.15, -0.1) is 5.10 Å². The first-order valence-electron chi connectivity index (χ1n) is 4.96. The summed E-state index contributed by atoms with van der Waals surface area (Å²) in [6, 6.07) is 3.80. The summed E-state index contributed by atoms with van der Waals surface area (Å²) >= 11 is 1.93. The average molecular weight is 221 g/mol. The topological polar surface area (TPSA) is 39.4 Å². The van der Waals surface area contributed by atoms with Gasteiger partial charge in [0.1, 0.15) is 6.10 Å². The molecule has 0 bridgehead atoms. The van der Waals surface area contributed by atoms with Gasteiger partial charge in [-0.2, -0.15) is 11.8 Å². The Bertz CT molecular complexity index is 464. The number of ether oxygens (including phenoxy) is 1. The third-order valence-corrected chi connectivity index (χ3v) is 3.54. The van der Waals surface area contributed by atoms with E-state index in [0.717, 1.165) is 17.8 Å². The zero-order valence-electron chi connectivity index (χ0n) is 8.17. The van der Waals surface area contributed by atoms with Crippen molar-refractivity contribution in [2.24, 2.45) is 0 Å². The van der Waals surface area contributed by atoms with Gasteiger partial charge in [0.2, 0.25) is 5.88 Å². The van der Waals surface area contributed by atoms with E-state index in [2.05, 4.69) is 10.1 Å². The highest BCUT2D eigenvalue weighted by Crippen LogP contribution is 2.21. The Labute approximate surface area is 91.6 Å². The molecule has 1 aliphatic rings. The molecule has 15 heavy (non-hydrogen) atoms. The Hall–Kier alpha value is -1.23. The minimum absolute atomic E-state index is 0.323. The number of fused-ring (bicyclic) bond motifs is 1. The molecule has 0 aliphatic carbocycles. The van der Waals surface area contributed by atoms with Crippen LogP contribution in [0.4, 0.5) is 0 Å². The lowest BCUT2D eigenvalue weighted by Gasteiger charge is -2.10. The molecular weight excluding hydrogens is 210 g/mol. The maximum Gasteiger partial charge on any atom is 0.232 e. The van der Waals surface area contributed by atoms with Crippen LogP contribution < -0.4 is 4.74 Å². The van der Waals surface area contributed by atoms with Crippen LogP contribution in [0, 0.1) is 0 Å². The zero-order valence-corrected chi connectivity index (χ0v) is 8.98. The zero-order chi connectivity index (χ0) is 10.1. The molecule has 1 fully saturated rings. The van der Waals surface area contributed by atoms with Crippen molar-refractivity contribution in [1.29, 1.82) is 0 Å². The van der Waals surface area contributed by atoms with Crippen molar-refractivity contribution in [1.82, 2.24) is 14.6 Å². The van der Waals surface area contributed by atoms with E-state index in [9.17, 15) is 0 Å². The fourth-order valence-corrected chi connectivity index (χ4v) is 2.73. The average Bonchev–Trinajstić information content (AvgIpc) is 2.87. The minimum Gasteiger partial charge on any atom is -0.472 e. The standard InChI is InChI=1S/C10H11N3OS/c1-2-10(14-8-3-6-15-7-8)12-13-5-4-11-9(1)13/h1-2,4-5,8H,3,6-7H2. The van der Waals surface area contributed by atoms with Crippen molar-refractivity contribution in [2.45, 2.75) is 12.5 Å². The van der Waals surface area contributed by atoms with Crippen molar-refractivity contribution in [3.63, 3.8) is 0 Å². The highest BCUT2D eigenvalue weighted by Gasteiger charge is 2.17. The van der Waals surface area contributed by atoms with Crippen LogP contribution in [0.1, 0.15) is 6.42 Å². The van der Waals surface area contributed by atoms with Gasteiger partial charge in [0.05, 0.1) is 0 Å². The number of hydrogen-bond acceptors (Lipinski definition) is 4. The van der Waals surface area contributed by atoms with Crippen molar-refractivity contribution in [2.75, 3.05) is 11.5 Å². The van der Waals surface area contributed by atoms with Crippen LogP contribution >= 0.6 is 11.8 Å². The Morgan fingerprint density at radius 2 is 2.47 bits per heavy atom. The van der Waals surface area contributed by atoms with Crippen LogP contribution in [-0.4, -0.2) is 32.2 Å². The van der Waals surface area contributed by atoms with E-state index in [-0.39, 0.29) is 0 Å². The number of thioether (sulfide) groups is 1. The number of rotatable bonds is 2. The molecule has 0 radical (unpaired) electrons. The number of nitrogens with zero attached hydrogens (tertiary/aromatic N) is 3. The van der Waals surface area contributed by atoms with E-state index in [1.807, 2.05) is 30.1 Å². The van der Waals surface area contributed by atoms with Crippen LogP contribution in [0.15, 0.2) is 24.5 Å². The van der Waals surface area contributed by atoms with Gasteiger partial charge in [-0.3, -0.25) is 0 Å². The molecule has 0 spiro atoms. The summed E-state index contributed by atoms with van der Waals surface area (Å²) < 4.78 is 7.51. The summed E-state index contributed by atoms with van der Waals surface area (Å²) in [4.78, 5) is 4.13. The van der Waals surface area contributed by atoms with Crippen LogP contribution in [-0.2, 0) is 0 Å². The van der Waals surface area contributed by atoms with E-state index < -0.39 is 0 Å². The quantitative estimate of drug-likeness (QED) is 0.772. The van der Waals surface area contributed by atoms with E-state index in [4.69, 9.17) is 4.74 Å². The van der Waals surface area contributed by atoms with E-state index in [0.29, 0.717) is 12.0 Å². The van der Waals surface area contributed by atoms with Gasteiger partial charge in [0, 0.05) is 24.2 Å². The number of imidazole rings is 1. The molecule has 1 atom stereocenters. The molecule has 1 aliphatic heterocycles. The lowest BCUT2D eigenvalue weighted by atomic mass is 10.3. The minimum atomic E-state index is 0.323. The number of hydrogen-bond donors (Lipinski definition) is 0. The molecule has 2 aromatic heterocycles. The maximum absolute atomic E-state index is 5.77. The smallest absolute Gasteiger partial charge is 0.232 e. The van der Waals surface area contributed by atoms with Gasteiger partial charge >= 0.3 is 0 Å². The van der Waals surface area contributed by atoms with Gasteiger partial charge in [0.15, 0.2) is 5.65 Å². The molecule has 0 aromatic carbocycles. The van der Waals surface area contributed by atoms with Crippen molar-refractivity contribution < 1.29 is 4.74 Å². The first kappa shape index (κ1) is 9.03. The second kappa shape index (κ2) is 3.73. The molecule has 0 saturated carbocycles. The second-order valence-electron chi connectivity index (χ2n) is 3.51. The Morgan fingerprint density at radius 1 is 1.47 bits per heavy atom. The summed E-state index contributed by atoms with van der Waals surface area (Å²) in [5.41, 5.74) is 0.850. The Kier molecular flexibility index (Phi) is 2.25. The SMILES string of the molecule is c1cn2nc(OC3CCSC3)ccc2n1. The maximum atomic E-state index is 5.77. The molecule has 3 heterocycles. The highest BCUT2D eigenvalue weighted by molar-refractivity contribution is 7.99. The Morgan fingerprint density at radius 3 is 3.33 bits per heavy atom. The summed E-state index contributed by atoms with van der Waals surface area (Å²) in [7, 11) is 0. The van der Waals surface area contributed by atoms with Crippen molar-refractivity contribution in [3.8, 4) is 5.88 Å². The van der Waals surface area contributed by atoms with Gasteiger partial charge in [-0.1, -0.05) is 0 Å². The molecule has 1 unspecified atom stereocenters. The summed E-state index contributed by atoms with van der Waals surface area (Å²) in [5, 5.41) is 4.32. The van der Waals surface area contributed by atoms with Crippen LogP contribution in [0.3, 0.4) is 0 Å². The first-order chi connectivity index (χ1) is 7.42. The monoisotopic (exact) mass is 221 g/mol. The van der Waals surface area contributed by atoms with Gasteiger partial charge in [0.25, 0.3) is 0 Å². The molecule has 3 rings (SSSR count). The molecule has 1 saturated heterocycles. The summed E-state index contributed by atoms with van der Waals surface area (Å²) in [6.07, 6.45) is 5.00. The molecule has 2 aromatic rings. The van der Waals surface area contributed by atoms with E-state index >= 15 is 0 Å². The van der Waals surface area contributed by atoms with Crippen molar-refractivity contribution >= 4 is 17.4 Å². The van der Waals surface area contributed by atoms with Crippen molar-refractivity contribution in [3.05, 3.63) is 24.5 Å². The highest BCUT2D eigenvalue weighted by atomic mass is 32.2. The van der Waals surface area contributed by atoms with Crippen LogP contribution in [0.5, 0.6) is 5.88 Å². The normalized spacial score (nSPS) is 20.9. The molecule has 0 N–H and O–H groups in total. The first-order valence-corrected chi connectivity index (χ1v) is 6.12. The molecule has 4 nitrogen and oxygen atoms in total. The third kappa shape index (κ3) is 1.79. The summed E-state index contributed by atoms with van der Waals surface area (Å²) in [6.45, 7) is 0. The molecule has 5 heteroatoms. The van der Waals surface area contributed by atoms with Gasteiger partial charge in [-0.25, -0.2) is 9.50 Å². The van der Waals surface area contributed by atoms with Gasteiger partial charge < -0.3 is 4.74 Å². The summed E-state index contributed by atoms with van der Waals surface area (Å²) in [5.74, 6) is 2.95. The second-order valence-corrected chi connectivity index (χ2v) is 4.65. The fourth-order valence-electron chi connectivity index (χ4n) is 1.64. The molecular formula is C10H11N3OS. The Balaban J connectivity index is 1.84. The predicted molar refractivity (Wildman–Crippen MR) is 59.3 cm³/mol. The largest absolute Gasteiger partial charge is 0.472 e. The van der Waals surface area contributed by atoms with E-state index in [1.165, 1.54) is 5.75 Å². The molecule has 0 amide bonds. The fraction of sp³-hybridized carbons (Fsp3) is 0.400. The van der Waals surface area contributed by atoms with Crippen LogP contribution in [0.2, 0.25) is 0 Å².